The highest BCUT2D eigenvalue weighted by Gasteiger charge is 2.12. The van der Waals surface area contributed by atoms with Gasteiger partial charge in [0, 0.05) is 5.54 Å². The van der Waals surface area contributed by atoms with E-state index in [1.54, 1.807) is 0 Å². The molecule has 1 aromatic carbocycles. The zero-order valence-corrected chi connectivity index (χ0v) is 14.0. The molecule has 0 heterocycles. The monoisotopic (exact) mass is 309 g/mol. The second-order valence-electron chi connectivity index (χ2n) is 5.89. The molecule has 0 aliphatic heterocycles. The van der Waals surface area contributed by atoms with Crippen LogP contribution < -0.4 is 20.9 Å². The molecule has 0 bridgehead atoms. The van der Waals surface area contributed by atoms with Crippen molar-refractivity contribution in [2.75, 3.05) is 6.61 Å². The van der Waals surface area contributed by atoms with E-state index in [1.807, 2.05) is 52.8 Å². The van der Waals surface area contributed by atoms with Crippen molar-refractivity contribution in [3.8, 4) is 5.75 Å². The summed E-state index contributed by atoms with van der Waals surface area (Å²) in [4.78, 5) is 11.7. The first-order valence-corrected chi connectivity index (χ1v) is 7.16. The van der Waals surface area contributed by atoms with Crippen molar-refractivity contribution in [2.45, 2.75) is 40.2 Å². The highest BCUT2D eigenvalue weighted by molar-refractivity contribution is 7.80. The molecule has 0 spiro atoms. The van der Waals surface area contributed by atoms with Gasteiger partial charge in [-0.3, -0.25) is 15.6 Å². The predicted molar refractivity (Wildman–Crippen MR) is 88.2 cm³/mol. The number of hydrogen-bond donors (Lipinski definition) is 3. The Balaban J connectivity index is 2.40. The number of rotatable bonds is 3. The highest BCUT2D eigenvalue weighted by Crippen LogP contribution is 2.21. The van der Waals surface area contributed by atoms with Crippen molar-refractivity contribution in [2.24, 2.45) is 0 Å². The fourth-order valence-electron chi connectivity index (χ4n) is 1.70. The minimum absolute atomic E-state index is 0.0726. The number of thiocarbonyl (C=S) groups is 1. The van der Waals surface area contributed by atoms with E-state index in [0.717, 1.165) is 16.9 Å². The smallest absolute Gasteiger partial charge is 0.276 e. The minimum Gasteiger partial charge on any atom is -0.483 e. The Labute approximate surface area is 131 Å². The summed E-state index contributed by atoms with van der Waals surface area (Å²) in [6.07, 6.45) is 0. The summed E-state index contributed by atoms with van der Waals surface area (Å²) in [5.74, 6) is 0.443. The van der Waals surface area contributed by atoms with Crippen LogP contribution in [0.2, 0.25) is 0 Å². The van der Waals surface area contributed by atoms with E-state index >= 15 is 0 Å². The molecule has 5 nitrogen and oxygen atoms in total. The third-order valence-corrected chi connectivity index (χ3v) is 2.76. The van der Waals surface area contributed by atoms with Gasteiger partial charge in [0.1, 0.15) is 5.75 Å². The van der Waals surface area contributed by atoms with Gasteiger partial charge < -0.3 is 10.1 Å². The average molecular weight is 309 g/mol. The molecule has 0 unspecified atom stereocenters. The molecule has 1 rings (SSSR count). The third kappa shape index (κ3) is 6.44. The number of hydrazine groups is 1. The normalized spacial score (nSPS) is 10.7. The molecule has 3 N–H and O–H groups in total. The molecule has 1 aromatic rings. The minimum atomic E-state index is -0.296. The van der Waals surface area contributed by atoms with E-state index in [0.29, 0.717) is 5.11 Å². The van der Waals surface area contributed by atoms with Crippen molar-refractivity contribution < 1.29 is 9.53 Å². The van der Waals surface area contributed by atoms with Gasteiger partial charge in [-0.15, -0.1) is 0 Å². The van der Waals surface area contributed by atoms with Gasteiger partial charge in [0.25, 0.3) is 5.91 Å². The number of carbonyl (C=O) groups is 1. The van der Waals surface area contributed by atoms with Gasteiger partial charge in [0.05, 0.1) is 0 Å². The summed E-state index contributed by atoms with van der Waals surface area (Å²) in [6.45, 7) is 9.76. The topological polar surface area (TPSA) is 62.4 Å². The van der Waals surface area contributed by atoms with E-state index in [9.17, 15) is 4.79 Å². The van der Waals surface area contributed by atoms with Crippen LogP contribution >= 0.6 is 12.2 Å². The van der Waals surface area contributed by atoms with Crippen LogP contribution in [0, 0.1) is 13.8 Å². The molecule has 6 heteroatoms. The van der Waals surface area contributed by atoms with Gasteiger partial charge >= 0.3 is 0 Å². The number of amides is 1. The van der Waals surface area contributed by atoms with Gasteiger partial charge in [-0.2, -0.15) is 0 Å². The maximum absolute atomic E-state index is 11.7. The quantitative estimate of drug-likeness (QED) is 0.589. The molecule has 0 aromatic heterocycles. The summed E-state index contributed by atoms with van der Waals surface area (Å²) >= 11 is 5.06. The molecule has 116 valence electrons. The molecule has 1 amide bonds. The number of benzene rings is 1. The van der Waals surface area contributed by atoms with E-state index in [-0.39, 0.29) is 18.1 Å². The number of nitrogens with one attached hydrogen (secondary N) is 3. The van der Waals surface area contributed by atoms with Gasteiger partial charge in [-0.05, 0) is 58.0 Å². The van der Waals surface area contributed by atoms with Gasteiger partial charge in [-0.1, -0.05) is 18.2 Å². The Bertz CT molecular complexity index is 504. The first-order valence-electron chi connectivity index (χ1n) is 6.75. The largest absolute Gasteiger partial charge is 0.483 e. The average Bonchev–Trinajstić information content (AvgIpc) is 2.33. The summed E-state index contributed by atoms with van der Waals surface area (Å²) in [7, 11) is 0. The van der Waals surface area contributed by atoms with E-state index in [4.69, 9.17) is 17.0 Å². The van der Waals surface area contributed by atoms with Gasteiger partial charge in [0.15, 0.2) is 11.7 Å². The number of ether oxygens (including phenoxy) is 1. The standard InChI is InChI=1S/C15H23N3O2S/c1-10-7-6-8-11(2)13(10)20-9-12(19)17-18-14(21)16-15(3,4)5/h6-8H,9H2,1-5H3,(H,17,19)(H2,16,18,21). The van der Waals surface area contributed by atoms with Crippen LogP contribution in [0.25, 0.3) is 0 Å². The van der Waals surface area contributed by atoms with Crippen molar-refractivity contribution >= 4 is 23.2 Å². The maximum Gasteiger partial charge on any atom is 0.276 e. The van der Waals surface area contributed by atoms with Crippen molar-refractivity contribution in [1.29, 1.82) is 0 Å². The Morgan fingerprint density at radius 1 is 1.19 bits per heavy atom. The Morgan fingerprint density at radius 3 is 2.29 bits per heavy atom. The predicted octanol–water partition coefficient (Wildman–Crippen LogP) is 1.98. The van der Waals surface area contributed by atoms with Crippen LogP contribution in [-0.2, 0) is 4.79 Å². The van der Waals surface area contributed by atoms with Crippen LogP contribution in [-0.4, -0.2) is 23.2 Å². The molecule has 0 saturated heterocycles. The fourth-order valence-corrected chi connectivity index (χ4v) is 2.06. The Kier molecular flexibility index (Phi) is 5.96. The third-order valence-electron chi connectivity index (χ3n) is 2.56. The number of hydrogen-bond acceptors (Lipinski definition) is 3. The lowest BCUT2D eigenvalue weighted by atomic mass is 10.1. The van der Waals surface area contributed by atoms with E-state index in [2.05, 4.69) is 16.2 Å². The molecular formula is C15H23N3O2S. The zero-order chi connectivity index (χ0) is 16.0. The molecule has 0 aliphatic rings. The highest BCUT2D eigenvalue weighted by atomic mass is 32.1. The van der Waals surface area contributed by atoms with Crippen LogP contribution in [0.5, 0.6) is 5.75 Å². The van der Waals surface area contributed by atoms with Crippen LogP contribution in [0.4, 0.5) is 0 Å². The van der Waals surface area contributed by atoms with E-state index < -0.39 is 0 Å². The Hall–Kier alpha value is -1.82. The van der Waals surface area contributed by atoms with Crippen molar-refractivity contribution in [3.63, 3.8) is 0 Å². The first kappa shape index (κ1) is 17.2. The molecule has 0 saturated carbocycles. The van der Waals surface area contributed by atoms with Crippen LogP contribution in [0.15, 0.2) is 18.2 Å². The lowest BCUT2D eigenvalue weighted by Crippen LogP contribution is -2.53. The second kappa shape index (κ2) is 7.26. The summed E-state index contributed by atoms with van der Waals surface area (Å²) in [5.41, 5.74) is 6.98. The maximum atomic E-state index is 11.7. The van der Waals surface area contributed by atoms with Crippen LogP contribution in [0.1, 0.15) is 31.9 Å². The summed E-state index contributed by atoms with van der Waals surface area (Å²) < 4.78 is 5.55. The lowest BCUT2D eigenvalue weighted by Gasteiger charge is -2.23. The molecule has 0 radical (unpaired) electrons. The number of carbonyl (C=O) groups excluding carboxylic acids is 1. The SMILES string of the molecule is Cc1cccc(C)c1OCC(=O)NNC(=S)NC(C)(C)C. The molecule has 21 heavy (non-hydrogen) atoms. The second-order valence-corrected chi connectivity index (χ2v) is 6.30. The molecule has 0 fully saturated rings. The number of aryl methyl sites for hydroxylation is 2. The van der Waals surface area contributed by atoms with Gasteiger partial charge in [0.2, 0.25) is 0 Å². The fraction of sp³-hybridized carbons (Fsp3) is 0.467. The first-order chi connectivity index (χ1) is 9.69. The molecule has 0 atom stereocenters. The molecular weight excluding hydrogens is 286 g/mol. The number of para-hydroxylation sites is 1. The summed E-state index contributed by atoms with van der Waals surface area (Å²) in [6, 6.07) is 5.84. The summed E-state index contributed by atoms with van der Waals surface area (Å²) in [5, 5.41) is 3.40. The van der Waals surface area contributed by atoms with Crippen LogP contribution in [0.3, 0.4) is 0 Å². The zero-order valence-electron chi connectivity index (χ0n) is 13.2. The van der Waals surface area contributed by atoms with Crippen molar-refractivity contribution in [3.05, 3.63) is 29.3 Å². The molecule has 0 aliphatic carbocycles. The van der Waals surface area contributed by atoms with Crippen molar-refractivity contribution in [1.82, 2.24) is 16.2 Å². The Morgan fingerprint density at radius 2 is 1.76 bits per heavy atom. The van der Waals surface area contributed by atoms with Gasteiger partial charge in [-0.25, -0.2) is 0 Å². The lowest BCUT2D eigenvalue weighted by molar-refractivity contribution is -0.123. The van der Waals surface area contributed by atoms with E-state index in [1.165, 1.54) is 0 Å².